The number of aryl methyl sites for hydroxylation is 1. The van der Waals surface area contributed by atoms with Crippen LogP contribution in [0.5, 0.6) is 0 Å². The highest BCUT2D eigenvalue weighted by Crippen LogP contribution is 2.23. The maximum atomic E-state index is 12.2. The lowest BCUT2D eigenvalue weighted by Crippen LogP contribution is -2.28. The number of thiophene rings is 1. The predicted octanol–water partition coefficient (Wildman–Crippen LogP) is 2.41. The summed E-state index contributed by atoms with van der Waals surface area (Å²) < 4.78 is 1.90. The van der Waals surface area contributed by atoms with Crippen LogP contribution in [0, 0.1) is 6.92 Å². The van der Waals surface area contributed by atoms with Crippen molar-refractivity contribution < 1.29 is 9.90 Å². The van der Waals surface area contributed by atoms with E-state index in [1.165, 1.54) is 17.5 Å². The quantitative estimate of drug-likeness (QED) is 0.890. The SMILES string of the molecule is CCN(CC)CCn1cc(C(=O)O)c(=O)c2cc(C)sc21. The van der Waals surface area contributed by atoms with Gasteiger partial charge in [0.25, 0.3) is 0 Å². The highest BCUT2D eigenvalue weighted by Gasteiger charge is 2.16. The number of carboxylic acids is 1. The van der Waals surface area contributed by atoms with Gasteiger partial charge in [-0.25, -0.2) is 4.79 Å². The molecule has 0 radical (unpaired) electrons. The van der Waals surface area contributed by atoms with Crippen molar-refractivity contribution in [3.8, 4) is 0 Å². The highest BCUT2D eigenvalue weighted by molar-refractivity contribution is 7.18. The summed E-state index contributed by atoms with van der Waals surface area (Å²) >= 11 is 1.53. The Bertz CT molecular complexity index is 714. The Morgan fingerprint density at radius 2 is 2.05 bits per heavy atom. The molecule has 0 spiro atoms. The van der Waals surface area contributed by atoms with Gasteiger partial charge >= 0.3 is 5.97 Å². The molecule has 0 aliphatic rings. The van der Waals surface area contributed by atoms with E-state index in [4.69, 9.17) is 0 Å². The molecule has 0 unspecified atom stereocenters. The molecule has 0 bridgehead atoms. The molecule has 0 fully saturated rings. The summed E-state index contributed by atoms with van der Waals surface area (Å²) in [7, 11) is 0. The van der Waals surface area contributed by atoms with E-state index in [-0.39, 0.29) is 11.0 Å². The van der Waals surface area contributed by atoms with Crippen molar-refractivity contribution >= 4 is 27.5 Å². The molecule has 0 saturated carbocycles. The number of rotatable bonds is 6. The second-order valence-electron chi connectivity index (χ2n) is 4.97. The van der Waals surface area contributed by atoms with E-state index in [0.717, 1.165) is 29.3 Å². The molecule has 0 aromatic carbocycles. The topological polar surface area (TPSA) is 62.5 Å². The largest absolute Gasteiger partial charge is 0.477 e. The maximum Gasteiger partial charge on any atom is 0.341 e. The van der Waals surface area contributed by atoms with Crippen molar-refractivity contribution in [1.82, 2.24) is 9.47 Å². The Balaban J connectivity index is 2.49. The van der Waals surface area contributed by atoms with Gasteiger partial charge in [0.2, 0.25) is 5.43 Å². The zero-order valence-electron chi connectivity index (χ0n) is 12.5. The van der Waals surface area contributed by atoms with Crippen molar-refractivity contribution in [3.63, 3.8) is 0 Å². The Hall–Kier alpha value is -1.66. The smallest absolute Gasteiger partial charge is 0.341 e. The molecule has 1 N–H and O–H groups in total. The minimum Gasteiger partial charge on any atom is -0.477 e. The Labute approximate surface area is 127 Å². The van der Waals surface area contributed by atoms with Crippen LogP contribution in [-0.2, 0) is 6.54 Å². The van der Waals surface area contributed by atoms with Crippen LogP contribution in [0.1, 0.15) is 29.1 Å². The fraction of sp³-hybridized carbons (Fsp3) is 0.467. The lowest BCUT2D eigenvalue weighted by molar-refractivity contribution is 0.0694. The third kappa shape index (κ3) is 3.16. The molecule has 0 aliphatic carbocycles. The van der Waals surface area contributed by atoms with Crippen LogP contribution in [0.2, 0.25) is 0 Å². The van der Waals surface area contributed by atoms with Crippen LogP contribution in [0.25, 0.3) is 10.2 Å². The number of pyridine rings is 1. The number of carbonyl (C=O) groups is 1. The van der Waals surface area contributed by atoms with Crippen LogP contribution in [0.4, 0.5) is 0 Å². The molecular formula is C15H20N2O3S. The van der Waals surface area contributed by atoms with Crippen molar-refractivity contribution in [3.05, 3.63) is 32.9 Å². The van der Waals surface area contributed by atoms with Gasteiger partial charge in [0.1, 0.15) is 10.4 Å². The molecule has 2 aromatic rings. The van der Waals surface area contributed by atoms with Crippen LogP contribution in [0.3, 0.4) is 0 Å². The standard InChI is InChI=1S/C15H20N2O3S/c1-4-16(5-2)6-7-17-9-12(15(19)20)13(18)11-8-10(3)21-14(11)17/h8-9H,4-7H2,1-3H3,(H,19,20). The molecule has 21 heavy (non-hydrogen) atoms. The van der Waals surface area contributed by atoms with Crippen molar-refractivity contribution in [2.45, 2.75) is 27.3 Å². The van der Waals surface area contributed by atoms with Gasteiger partial charge in [-0.1, -0.05) is 13.8 Å². The molecule has 2 rings (SSSR count). The summed E-state index contributed by atoms with van der Waals surface area (Å²) in [6, 6.07) is 1.78. The number of aromatic carboxylic acids is 1. The number of hydrogen-bond donors (Lipinski definition) is 1. The molecule has 0 amide bonds. The van der Waals surface area contributed by atoms with E-state index in [1.807, 2.05) is 11.5 Å². The number of hydrogen-bond acceptors (Lipinski definition) is 4. The van der Waals surface area contributed by atoms with E-state index < -0.39 is 5.97 Å². The van der Waals surface area contributed by atoms with Crippen LogP contribution >= 0.6 is 11.3 Å². The third-order valence-corrected chi connectivity index (χ3v) is 4.74. The molecule has 0 aliphatic heterocycles. The van der Waals surface area contributed by atoms with E-state index >= 15 is 0 Å². The lowest BCUT2D eigenvalue weighted by atomic mass is 10.2. The summed E-state index contributed by atoms with van der Waals surface area (Å²) in [5.41, 5.74) is -0.541. The number of aromatic nitrogens is 1. The predicted molar refractivity (Wildman–Crippen MR) is 85.6 cm³/mol. The van der Waals surface area contributed by atoms with E-state index in [0.29, 0.717) is 11.9 Å². The average Bonchev–Trinajstić information content (AvgIpc) is 2.84. The van der Waals surface area contributed by atoms with Crippen LogP contribution < -0.4 is 5.43 Å². The maximum absolute atomic E-state index is 12.2. The minimum atomic E-state index is -1.16. The first kappa shape index (κ1) is 15.7. The summed E-state index contributed by atoms with van der Waals surface area (Å²) in [5, 5.41) is 9.72. The first-order chi connectivity index (χ1) is 9.97. The van der Waals surface area contributed by atoms with Gasteiger partial charge in [-0.15, -0.1) is 11.3 Å². The second kappa shape index (κ2) is 6.41. The Kier molecular flexibility index (Phi) is 4.80. The van der Waals surface area contributed by atoms with Gasteiger partial charge in [-0.2, -0.15) is 0 Å². The monoisotopic (exact) mass is 308 g/mol. The van der Waals surface area contributed by atoms with Gasteiger partial charge in [-0.05, 0) is 26.1 Å². The normalized spacial score (nSPS) is 11.4. The van der Waals surface area contributed by atoms with Gasteiger partial charge in [-0.3, -0.25) is 4.79 Å². The fourth-order valence-electron chi connectivity index (χ4n) is 2.40. The molecular weight excluding hydrogens is 288 g/mol. The lowest BCUT2D eigenvalue weighted by Gasteiger charge is -2.19. The summed E-state index contributed by atoms with van der Waals surface area (Å²) in [6.07, 6.45) is 1.48. The molecule has 0 saturated heterocycles. The molecule has 6 heteroatoms. The van der Waals surface area contributed by atoms with Crippen molar-refractivity contribution in [1.29, 1.82) is 0 Å². The summed E-state index contributed by atoms with van der Waals surface area (Å²) in [5.74, 6) is -1.16. The molecule has 2 aromatic heterocycles. The first-order valence-corrected chi connectivity index (χ1v) is 7.88. The van der Waals surface area contributed by atoms with Crippen molar-refractivity contribution in [2.75, 3.05) is 19.6 Å². The zero-order chi connectivity index (χ0) is 15.6. The van der Waals surface area contributed by atoms with Gasteiger partial charge in [0.15, 0.2) is 0 Å². The van der Waals surface area contributed by atoms with Gasteiger partial charge in [0, 0.05) is 24.2 Å². The molecule has 2 heterocycles. The van der Waals surface area contributed by atoms with Gasteiger partial charge < -0.3 is 14.6 Å². The van der Waals surface area contributed by atoms with Crippen molar-refractivity contribution in [2.24, 2.45) is 0 Å². The molecule has 5 nitrogen and oxygen atoms in total. The van der Waals surface area contributed by atoms with Gasteiger partial charge in [0.05, 0.1) is 5.39 Å². The number of likely N-dealkylation sites (N-methyl/N-ethyl adjacent to an activating group) is 1. The van der Waals surface area contributed by atoms with E-state index in [1.54, 1.807) is 6.07 Å². The number of nitrogens with zero attached hydrogens (tertiary/aromatic N) is 2. The minimum absolute atomic E-state index is 0.153. The number of fused-ring (bicyclic) bond motifs is 1. The van der Waals surface area contributed by atoms with Crippen LogP contribution in [-0.4, -0.2) is 40.2 Å². The third-order valence-electron chi connectivity index (χ3n) is 3.65. The first-order valence-electron chi connectivity index (χ1n) is 7.07. The van der Waals surface area contributed by atoms with E-state index in [2.05, 4.69) is 18.7 Å². The Morgan fingerprint density at radius 3 is 2.62 bits per heavy atom. The van der Waals surface area contributed by atoms with Crippen LogP contribution in [0.15, 0.2) is 17.1 Å². The summed E-state index contributed by atoms with van der Waals surface area (Å²) in [4.78, 5) is 27.6. The highest BCUT2D eigenvalue weighted by atomic mass is 32.1. The Morgan fingerprint density at radius 1 is 1.38 bits per heavy atom. The van der Waals surface area contributed by atoms with E-state index in [9.17, 15) is 14.7 Å². The molecule has 114 valence electrons. The number of carboxylic acid groups (broad SMARTS) is 1. The second-order valence-corrected chi connectivity index (χ2v) is 6.21. The zero-order valence-corrected chi connectivity index (χ0v) is 13.4. The summed E-state index contributed by atoms with van der Waals surface area (Å²) in [6.45, 7) is 9.55. The molecule has 0 atom stereocenters. The average molecular weight is 308 g/mol. The fourth-order valence-corrected chi connectivity index (χ4v) is 3.41.